The number of H-pyrrole nitrogens is 2. The number of halogens is 1. The summed E-state index contributed by atoms with van der Waals surface area (Å²) in [5.74, 6) is -1.67. The van der Waals surface area contributed by atoms with Gasteiger partial charge in [-0.1, -0.05) is 0 Å². The number of amides is 2. The highest BCUT2D eigenvalue weighted by molar-refractivity contribution is 5.99. The molecule has 1 fully saturated rings. The zero-order chi connectivity index (χ0) is 26.8. The Morgan fingerprint density at radius 1 is 1.16 bits per heavy atom. The number of carbonyl (C=O) groups excluding carboxylic acids is 2. The first-order valence-corrected chi connectivity index (χ1v) is 12.2. The number of aromatic nitrogens is 5. The highest BCUT2D eigenvalue weighted by Gasteiger charge is 2.53. The number of hydrogen-bond donors (Lipinski definition) is 3. The number of nitrogens with zero attached hydrogens (tertiary/aromatic N) is 5. The van der Waals surface area contributed by atoms with Crippen molar-refractivity contribution in [3.8, 4) is 0 Å². The molecule has 0 unspecified atom stereocenters. The van der Waals surface area contributed by atoms with Crippen LogP contribution in [0.2, 0.25) is 0 Å². The maximum Gasteiger partial charge on any atom is 0.338 e. The number of aromatic carboxylic acids is 1. The van der Waals surface area contributed by atoms with Crippen LogP contribution in [-0.2, 0) is 18.5 Å². The van der Waals surface area contributed by atoms with Crippen molar-refractivity contribution in [3.05, 3.63) is 76.0 Å². The lowest BCUT2D eigenvalue weighted by Gasteiger charge is -2.29. The number of hydrogen-bond acceptors (Lipinski definition) is 6. The lowest BCUT2D eigenvalue weighted by atomic mass is 10.0. The van der Waals surface area contributed by atoms with E-state index in [9.17, 15) is 18.8 Å². The summed E-state index contributed by atoms with van der Waals surface area (Å²) in [6.45, 7) is 2.41. The van der Waals surface area contributed by atoms with E-state index in [1.54, 1.807) is 29.8 Å². The molecule has 0 radical (unpaired) electrons. The van der Waals surface area contributed by atoms with Crippen LogP contribution in [-0.4, -0.2) is 71.4 Å². The van der Waals surface area contributed by atoms with Gasteiger partial charge < -0.3 is 19.9 Å². The molecule has 3 aromatic heterocycles. The molecule has 1 aliphatic carbocycles. The number of rotatable bonds is 5. The van der Waals surface area contributed by atoms with Crippen molar-refractivity contribution in [1.82, 2.24) is 34.9 Å². The highest BCUT2D eigenvalue weighted by Crippen LogP contribution is 2.49. The first-order valence-electron chi connectivity index (χ1n) is 12.2. The van der Waals surface area contributed by atoms with Crippen LogP contribution >= 0.6 is 0 Å². The molecule has 11 nitrogen and oxygen atoms in total. The van der Waals surface area contributed by atoms with Gasteiger partial charge in [0.15, 0.2) is 5.82 Å². The van der Waals surface area contributed by atoms with Crippen LogP contribution < -0.4 is 0 Å². The molecule has 2 aliphatic rings. The molecular weight excluding hydrogens is 493 g/mol. The van der Waals surface area contributed by atoms with Crippen LogP contribution in [0.1, 0.15) is 66.8 Å². The van der Waals surface area contributed by atoms with Crippen LogP contribution in [0, 0.1) is 12.7 Å². The fourth-order valence-corrected chi connectivity index (χ4v) is 5.17. The number of carboxylic acids is 1. The fourth-order valence-electron chi connectivity index (χ4n) is 5.17. The number of fused-ring (bicyclic) bond motifs is 2. The molecule has 194 valence electrons. The Bertz CT molecular complexity index is 1620. The molecule has 3 N–H and O–H groups in total. The molecule has 4 aromatic rings. The monoisotopic (exact) mass is 517 g/mol. The van der Waals surface area contributed by atoms with Crippen LogP contribution in [0.3, 0.4) is 0 Å². The van der Waals surface area contributed by atoms with E-state index in [2.05, 4.69) is 25.1 Å². The van der Waals surface area contributed by atoms with E-state index in [-0.39, 0.29) is 29.7 Å². The van der Waals surface area contributed by atoms with Crippen molar-refractivity contribution in [2.45, 2.75) is 38.3 Å². The SMILES string of the molecule is Cc1cc(F)cc2[nH]c(C(=O)N3CCc4n[nH]c(C(=O)N(C)C5(c6ncc(C(=O)O)cn6)CC5)c4C3)cc12. The smallest absolute Gasteiger partial charge is 0.338 e. The van der Waals surface area contributed by atoms with Crippen molar-refractivity contribution in [2.24, 2.45) is 0 Å². The van der Waals surface area contributed by atoms with E-state index < -0.39 is 11.5 Å². The number of benzene rings is 1. The third-order valence-electron chi connectivity index (χ3n) is 7.55. The molecular formula is C26H24FN7O4. The van der Waals surface area contributed by atoms with Gasteiger partial charge in [0.1, 0.15) is 22.7 Å². The number of carbonyl (C=O) groups is 3. The summed E-state index contributed by atoms with van der Waals surface area (Å²) in [7, 11) is 1.66. The van der Waals surface area contributed by atoms with Gasteiger partial charge in [-0.3, -0.25) is 14.7 Å². The Labute approximate surface area is 215 Å². The molecule has 1 aromatic carbocycles. The largest absolute Gasteiger partial charge is 0.478 e. The van der Waals surface area contributed by atoms with Crippen molar-refractivity contribution in [2.75, 3.05) is 13.6 Å². The van der Waals surface area contributed by atoms with E-state index in [4.69, 9.17) is 5.11 Å². The van der Waals surface area contributed by atoms with Crippen LogP contribution in [0.25, 0.3) is 10.9 Å². The minimum absolute atomic E-state index is 0.0267. The van der Waals surface area contributed by atoms with Gasteiger partial charge >= 0.3 is 5.97 Å². The van der Waals surface area contributed by atoms with E-state index in [1.165, 1.54) is 24.5 Å². The van der Waals surface area contributed by atoms with Crippen molar-refractivity contribution < 1.29 is 23.9 Å². The predicted octanol–water partition coefficient (Wildman–Crippen LogP) is 2.79. The number of aromatic amines is 2. The Balaban J connectivity index is 1.24. The van der Waals surface area contributed by atoms with Gasteiger partial charge in [0.2, 0.25) is 0 Å². The number of carboxylic acid groups (broad SMARTS) is 1. The van der Waals surface area contributed by atoms with Gasteiger partial charge in [-0.05, 0) is 43.5 Å². The molecule has 1 saturated carbocycles. The van der Waals surface area contributed by atoms with Gasteiger partial charge in [0, 0.05) is 48.9 Å². The van der Waals surface area contributed by atoms with E-state index in [0.717, 1.165) is 16.6 Å². The third-order valence-corrected chi connectivity index (χ3v) is 7.55. The van der Waals surface area contributed by atoms with Gasteiger partial charge in [-0.15, -0.1) is 0 Å². The maximum atomic E-state index is 13.8. The van der Waals surface area contributed by atoms with Gasteiger partial charge in [-0.25, -0.2) is 19.2 Å². The first-order chi connectivity index (χ1) is 18.2. The second-order valence-electron chi connectivity index (χ2n) is 9.86. The Kier molecular flexibility index (Phi) is 5.30. The lowest BCUT2D eigenvalue weighted by Crippen LogP contribution is -2.40. The summed E-state index contributed by atoms with van der Waals surface area (Å²) in [6, 6.07) is 4.52. The minimum Gasteiger partial charge on any atom is -0.478 e. The van der Waals surface area contributed by atoms with E-state index in [1.807, 2.05) is 0 Å². The van der Waals surface area contributed by atoms with Crippen LogP contribution in [0.5, 0.6) is 0 Å². The Hall–Kier alpha value is -4.61. The summed E-state index contributed by atoms with van der Waals surface area (Å²) in [5.41, 5.74) is 2.56. The number of nitrogens with one attached hydrogen (secondary N) is 2. The number of aryl methyl sites for hydroxylation is 1. The average molecular weight is 518 g/mol. The second-order valence-corrected chi connectivity index (χ2v) is 9.86. The average Bonchev–Trinajstić information content (AvgIpc) is 3.42. The molecule has 0 spiro atoms. The molecule has 2 amide bonds. The summed E-state index contributed by atoms with van der Waals surface area (Å²) in [6.07, 6.45) is 4.24. The van der Waals surface area contributed by atoms with E-state index >= 15 is 0 Å². The van der Waals surface area contributed by atoms with E-state index in [0.29, 0.717) is 54.1 Å². The Morgan fingerprint density at radius 2 is 1.89 bits per heavy atom. The normalized spacial score (nSPS) is 15.8. The predicted molar refractivity (Wildman–Crippen MR) is 132 cm³/mol. The van der Waals surface area contributed by atoms with Gasteiger partial charge in [0.25, 0.3) is 11.8 Å². The van der Waals surface area contributed by atoms with Crippen molar-refractivity contribution in [1.29, 1.82) is 0 Å². The molecule has 12 heteroatoms. The highest BCUT2D eigenvalue weighted by atomic mass is 19.1. The van der Waals surface area contributed by atoms with Crippen molar-refractivity contribution in [3.63, 3.8) is 0 Å². The minimum atomic E-state index is -1.12. The quantitative estimate of drug-likeness (QED) is 0.369. The molecule has 0 atom stereocenters. The van der Waals surface area contributed by atoms with Gasteiger partial charge in [-0.2, -0.15) is 5.10 Å². The fraction of sp³-hybridized carbons (Fsp3) is 0.308. The third kappa shape index (κ3) is 3.71. The van der Waals surface area contributed by atoms with Gasteiger partial charge in [0.05, 0.1) is 17.8 Å². The standard InChI is InChI=1S/C26H24FN7O4/c1-13-7-15(27)8-19-16(13)9-20(30-19)22(35)34-6-3-18-17(12-34)21(32-31-18)23(36)33(2)26(4-5-26)25-28-10-14(11-29-25)24(37)38/h7-11,30H,3-6,12H2,1-2H3,(H,31,32)(H,37,38). The molecule has 0 saturated heterocycles. The lowest BCUT2D eigenvalue weighted by molar-refractivity contribution is 0.0670. The summed E-state index contributed by atoms with van der Waals surface area (Å²) in [5, 5.41) is 17.1. The summed E-state index contributed by atoms with van der Waals surface area (Å²) >= 11 is 0. The summed E-state index contributed by atoms with van der Waals surface area (Å²) < 4.78 is 13.8. The zero-order valence-electron chi connectivity index (χ0n) is 20.7. The second kappa shape index (κ2) is 8.47. The van der Waals surface area contributed by atoms with Crippen molar-refractivity contribution >= 4 is 28.7 Å². The van der Waals surface area contributed by atoms with Crippen LogP contribution in [0.15, 0.2) is 30.6 Å². The topological polar surface area (TPSA) is 148 Å². The zero-order valence-corrected chi connectivity index (χ0v) is 20.7. The molecule has 6 rings (SSSR count). The molecule has 1 aliphatic heterocycles. The maximum absolute atomic E-state index is 13.8. The molecule has 4 heterocycles. The van der Waals surface area contributed by atoms with Crippen LogP contribution in [0.4, 0.5) is 4.39 Å². The molecule has 38 heavy (non-hydrogen) atoms. The first kappa shape index (κ1) is 23.8. The molecule has 0 bridgehead atoms. The summed E-state index contributed by atoms with van der Waals surface area (Å²) in [4.78, 5) is 52.8. The Morgan fingerprint density at radius 3 is 2.58 bits per heavy atom.